The Balaban J connectivity index is 0.000000224. The van der Waals surface area contributed by atoms with Crippen LogP contribution in [0.3, 0.4) is 0 Å². The van der Waals surface area contributed by atoms with E-state index in [2.05, 4.69) is 9.97 Å². The van der Waals surface area contributed by atoms with Crippen LogP contribution < -0.4 is 0 Å². The van der Waals surface area contributed by atoms with Gasteiger partial charge in [0.15, 0.2) is 0 Å². The van der Waals surface area contributed by atoms with Crippen LogP contribution in [-0.2, 0) is 8.85 Å². The molecule has 0 atom stereocenters. The summed E-state index contributed by atoms with van der Waals surface area (Å²) >= 11 is 0. The van der Waals surface area contributed by atoms with Crippen LogP contribution in [0.2, 0.25) is 0 Å². The summed E-state index contributed by atoms with van der Waals surface area (Å²) in [6, 6.07) is 11.6. The highest BCUT2D eigenvalue weighted by Gasteiger charge is 1.95. The fourth-order valence-electron chi connectivity index (χ4n) is 1.19. The number of aromatic nitrogens is 2. The van der Waals surface area contributed by atoms with E-state index in [1.165, 1.54) is 0 Å². The fraction of sp³-hybridized carbons (Fsp3) is 0.286. The number of hydrogen-bond donors (Lipinski definition) is 0. The maximum absolute atomic E-state index is 4.88. The van der Waals surface area contributed by atoms with Crippen molar-refractivity contribution in [2.24, 2.45) is 0 Å². The predicted molar refractivity (Wildman–Crippen MR) is 76.5 cm³/mol. The Morgan fingerprint density at radius 3 is 1.63 bits per heavy atom. The average molecular weight is 274 g/mol. The SMILES string of the molecule is CCO[Si]OCC.c1ccc(-c2ccccn2)nc1. The molecule has 19 heavy (non-hydrogen) atoms. The Kier molecular flexibility index (Phi) is 8.45. The van der Waals surface area contributed by atoms with Gasteiger partial charge in [-0.1, -0.05) is 12.1 Å². The minimum atomic E-state index is 0.232. The molecule has 0 saturated heterocycles. The van der Waals surface area contributed by atoms with E-state index in [0.29, 0.717) is 0 Å². The lowest BCUT2D eigenvalue weighted by atomic mass is 10.2. The van der Waals surface area contributed by atoms with Crippen molar-refractivity contribution in [3.63, 3.8) is 0 Å². The molecule has 0 spiro atoms. The van der Waals surface area contributed by atoms with Crippen LogP contribution in [0.5, 0.6) is 0 Å². The second-order valence-electron chi connectivity index (χ2n) is 3.38. The van der Waals surface area contributed by atoms with Gasteiger partial charge in [0.1, 0.15) is 0 Å². The maximum atomic E-state index is 4.88. The third kappa shape index (κ3) is 6.81. The summed E-state index contributed by atoms with van der Waals surface area (Å²) in [5.41, 5.74) is 1.83. The molecule has 2 heterocycles. The van der Waals surface area contributed by atoms with Gasteiger partial charge in [-0.3, -0.25) is 9.97 Å². The molecule has 0 unspecified atom stereocenters. The van der Waals surface area contributed by atoms with E-state index in [1.807, 2.05) is 50.2 Å². The molecule has 0 bridgehead atoms. The van der Waals surface area contributed by atoms with E-state index in [1.54, 1.807) is 12.4 Å². The summed E-state index contributed by atoms with van der Waals surface area (Å²) in [6.07, 6.45) is 3.54. The number of hydrogen-bond acceptors (Lipinski definition) is 4. The van der Waals surface area contributed by atoms with Crippen LogP contribution in [0, 0.1) is 0 Å². The number of nitrogens with zero attached hydrogens (tertiary/aromatic N) is 2. The molecule has 5 heteroatoms. The van der Waals surface area contributed by atoms with Crippen molar-refractivity contribution < 1.29 is 8.85 Å². The number of rotatable bonds is 5. The van der Waals surface area contributed by atoms with Crippen LogP contribution in [0.4, 0.5) is 0 Å². The Hall–Kier alpha value is -1.56. The Bertz CT molecular complexity index is 384. The summed E-state index contributed by atoms with van der Waals surface area (Å²) < 4.78 is 9.76. The maximum Gasteiger partial charge on any atom is 0.433 e. The second-order valence-corrected chi connectivity index (χ2v) is 4.12. The highest BCUT2D eigenvalue weighted by Crippen LogP contribution is 2.10. The zero-order valence-electron chi connectivity index (χ0n) is 11.2. The first kappa shape index (κ1) is 15.5. The standard InChI is InChI=1S/C10H8N2.C4H10O2Si/c1-3-7-11-9(5-1)10-6-2-4-8-12-10;1-3-5-7-6-4-2/h1-8H;3-4H2,1-2H3. The van der Waals surface area contributed by atoms with Crippen molar-refractivity contribution >= 4 is 10.0 Å². The van der Waals surface area contributed by atoms with Crippen LogP contribution in [0.1, 0.15) is 13.8 Å². The Morgan fingerprint density at radius 2 is 1.32 bits per heavy atom. The minimum Gasteiger partial charge on any atom is -0.393 e. The fourth-order valence-corrected chi connectivity index (χ4v) is 1.51. The van der Waals surface area contributed by atoms with Crippen LogP contribution in [0.15, 0.2) is 48.8 Å². The molecule has 0 aliphatic carbocycles. The lowest BCUT2D eigenvalue weighted by Gasteiger charge is -1.96. The first-order valence-corrected chi connectivity index (χ1v) is 7.01. The third-order valence-electron chi connectivity index (χ3n) is 2.00. The van der Waals surface area contributed by atoms with Crippen molar-refractivity contribution in [1.29, 1.82) is 0 Å². The highest BCUT2D eigenvalue weighted by molar-refractivity contribution is 6.17. The first-order valence-electron chi connectivity index (χ1n) is 6.19. The molecule has 0 N–H and O–H groups in total. The van der Waals surface area contributed by atoms with Crippen molar-refractivity contribution in [3.8, 4) is 11.4 Å². The van der Waals surface area contributed by atoms with Gasteiger partial charge in [-0.2, -0.15) is 0 Å². The van der Waals surface area contributed by atoms with Crippen LogP contribution in [-0.4, -0.2) is 33.2 Å². The third-order valence-corrected chi connectivity index (χ3v) is 2.81. The van der Waals surface area contributed by atoms with Gasteiger partial charge in [0.2, 0.25) is 0 Å². The smallest absolute Gasteiger partial charge is 0.393 e. The topological polar surface area (TPSA) is 44.2 Å². The van der Waals surface area contributed by atoms with Crippen molar-refractivity contribution in [2.75, 3.05) is 13.2 Å². The molecule has 100 valence electrons. The van der Waals surface area contributed by atoms with Crippen LogP contribution >= 0.6 is 0 Å². The van der Waals surface area contributed by atoms with E-state index in [-0.39, 0.29) is 10.0 Å². The Labute approximate surface area is 116 Å². The minimum absolute atomic E-state index is 0.232. The quantitative estimate of drug-likeness (QED) is 0.621. The number of pyridine rings is 2. The van der Waals surface area contributed by atoms with Gasteiger partial charge in [-0.25, -0.2) is 0 Å². The van der Waals surface area contributed by atoms with Crippen molar-refractivity contribution in [3.05, 3.63) is 48.8 Å². The molecular formula is C14H18N2O2Si. The zero-order chi connectivity index (χ0) is 13.8. The van der Waals surface area contributed by atoms with Gasteiger partial charge >= 0.3 is 10.0 Å². The molecule has 4 nitrogen and oxygen atoms in total. The highest BCUT2D eigenvalue weighted by atomic mass is 28.3. The monoisotopic (exact) mass is 274 g/mol. The molecular weight excluding hydrogens is 256 g/mol. The normalized spacial score (nSPS) is 9.58. The van der Waals surface area contributed by atoms with Gasteiger partial charge in [0, 0.05) is 25.6 Å². The van der Waals surface area contributed by atoms with Crippen LogP contribution in [0.25, 0.3) is 11.4 Å². The molecule has 2 radical (unpaired) electrons. The molecule has 0 aliphatic rings. The lowest BCUT2D eigenvalue weighted by molar-refractivity contribution is 0.240. The first-order chi connectivity index (χ1) is 9.38. The van der Waals surface area contributed by atoms with Crippen molar-refractivity contribution in [2.45, 2.75) is 13.8 Å². The van der Waals surface area contributed by atoms with E-state index in [9.17, 15) is 0 Å². The summed E-state index contributed by atoms with van der Waals surface area (Å²) in [5, 5.41) is 0. The van der Waals surface area contributed by atoms with E-state index in [4.69, 9.17) is 8.85 Å². The van der Waals surface area contributed by atoms with Gasteiger partial charge < -0.3 is 8.85 Å². The summed E-state index contributed by atoms with van der Waals surface area (Å²) in [6.45, 7) is 5.40. The predicted octanol–water partition coefficient (Wildman–Crippen LogP) is 2.74. The zero-order valence-corrected chi connectivity index (χ0v) is 12.2. The second kappa shape index (κ2) is 10.4. The summed E-state index contributed by atoms with van der Waals surface area (Å²) in [7, 11) is 0.232. The van der Waals surface area contributed by atoms with Gasteiger partial charge in [-0.15, -0.1) is 0 Å². The van der Waals surface area contributed by atoms with Gasteiger partial charge in [0.25, 0.3) is 0 Å². The van der Waals surface area contributed by atoms with E-state index < -0.39 is 0 Å². The Morgan fingerprint density at radius 1 is 0.842 bits per heavy atom. The molecule has 2 aromatic heterocycles. The molecule has 0 amide bonds. The van der Waals surface area contributed by atoms with Crippen molar-refractivity contribution in [1.82, 2.24) is 9.97 Å². The molecule has 0 fully saturated rings. The largest absolute Gasteiger partial charge is 0.433 e. The van der Waals surface area contributed by atoms with E-state index in [0.717, 1.165) is 24.6 Å². The lowest BCUT2D eigenvalue weighted by Crippen LogP contribution is -2.02. The molecule has 2 aromatic rings. The van der Waals surface area contributed by atoms with Gasteiger partial charge in [0.05, 0.1) is 11.4 Å². The molecule has 0 saturated carbocycles. The molecule has 0 aliphatic heterocycles. The summed E-state index contributed by atoms with van der Waals surface area (Å²) in [4.78, 5) is 8.37. The average Bonchev–Trinajstić information content (AvgIpc) is 2.50. The molecule has 0 aromatic carbocycles. The van der Waals surface area contributed by atoms with Gasteiger partial charge in [-0.05, 0) is 38.1 Å². The van der Waals surface area contributed by atoms with E-state index >= 15 is 0 Å². The summed E-state index contributed by atoms with van der Waals surface area (Å²) in [5.74, 6) is 0. The molecule has 2 rings (SSSR count).